The SMILES string of the molecule is COc1cccc(C(COCC(F)(F)F)NN)c1F. The molecule has 0 fully saturated rings. The van der Waals surface area contributed by atoms with Crippen molar-refractivity contribution in [3.05, 3.63) is 29.6 Å². The van der Waals surface area contributed by atoms with Crippen LogP contribution in [-0.2, 0) is 4.74 Å². The number of hydrogen-bond acceptors (Lipinski definition) is 4. The van der Waals surface area contributed by atoms with Gasteiger partial charge in [0.2, 0.25) is 0 Å². The predicted octanol–water partition coefficient (Wildman–Crippen LogP) is 1.92. The van der Waals surface area contributed by atoms with Gasteiger partial charge in [-0.25, -0.2) is 4.39 Å². The molecule has 0 aliphatic heterocycles. The summed E-state index contributed by atoms with van der Waals surface area (Å²) < 4.78 is 58.9. The maximum Gasteiger partial charge on any atom is 0.411 e. The van der Waals surface area contributed by atoms with E-state index in [-0.39, 0.29) is 11.3 Å². The Hall–Kier alpha value is -1.38. The Balaban J connectivity index is 2.75. The van der Waals surface area contributed by atoms with Crippen molar-refractivity contribution in [1.82, 2.24) is 5.43 Å². The van der Waals surface area contributed by atoms with Crippen molar-refractivity contribution in [2.24, 2.45) is 5.84 Å². The first-order chi connectivity index (χ1) is 8.89. The molecular weight excluding hydrogens is 268 g/mol. The Kier molecular flexibility index (Phi) is 5.52. The number of ether oxygens (including phenoxy) is 2. The molecule has 19 heavy (non-hydrogen) atoms. The van der Waals surface area contributed by atoms with Gasteiger partial charge in [-0.05, 0) is 6.07 Å². The molecule has 0 amide bonds. The lowest BCUT2D eigenvalue weighted by Gasteiger charge is -2.18. The number of alkyl halides is 3. The molecular formula is C11H14F4N2O2. The minimum absolute atomic E-state index is 0.0198. The number of methoxy groups -OCH3 is 1. The fourth-order valence-corrected chi connectivity index (χ4v) is 1.47. The molecule has 0 heterocycles. The molecule has 108 valence electrons. The minimum atomic E-state index is -4.44. The van der Waals surface area contributed by atoms with Crippen LogP contribution in [0.2, 0.25) is 0 Å². The van der Waals surface area contributed by atoms with Crippen molar-refractivity contribution in [2.45, 2.75) is 12.2 Å². The molecule has 1 rings (SSSR count). The number of benzene rings is 1. The first-order valence-corrected chi connectivity index (χ1v) is 5.32. The van der Waals surface area contributed by atoms with E-state index >= 15 is 0 Å². The van der Waals surface area contributed by atoms with Gasteiger partial charge in [-0.2, -0.15) is 13.2 Å². The quantitative estimate of drug-likeness (QED) is 0.475. The van der Waals surface area contributed by atoms with Crippen LogP contribution in [0.5, 0.6) is 5.75 Å². The van der Waals surface area contributed by atoms with Gasteiger partial charge < -0.3 is 9.47 Å². The molecule has 1 unspecified atom stereocenters. The lowest BCUT2D eigenvalue weighted by Crippen LogP contribution is -2.33. The summed E-state index contributed by atoms with van der Waals surface area (Å²) in [7, 11) is 1.28. The minimum Gasteiger partial charge on any atom is -0.494 e. The largest absolute Gasteiger partial charge is 0.494 e. The van der Waals surface area contributed by atoms with Crippen LogP contribution in [0.3, 0.4) is 0 Å². The van der Waals surface area contributed by atoms with Crippen molar-refractivity contribution in [3.8, 4) is 5.75 Å². The highest BCUT2D eigenvalue weighted by Gasteiger charge is 2.28. The van der Waals surface area contributed by atoms with Crippen LogP contribution >= 0.6 is 0 Å². The number of nitrogens with two attached hydrogens (primary N) is 1. The molecule has 0 bridgehead atoms. The van der Waals surface area contributed by atoms with Gasteiger partial charge in [0, 0.05) is 5.56 Å². The second kappa shape index (κ2) is 6.69. The average molecular weight is 282 g/mol. The molecule has 1 aromatic carbocycles. The second-order valence-electron chi connectivity index (χ2n) is 3.71. The van der Waals surface area contributed by atoms with E-state index < -0.39 is 31.2 Å². The monoisotopic (exact) mass is 282 g/mol. The highest BCUT2D eigenvalue weighted by Crippen LogP contribution is 2.25. The molecule has 4 nitrogen and oxygen atoms in total. The van der Waals surface area contributed by atoms with Crippen LogP contribution in [-0.4, -0.2) is 26.5 Å². The van der Waals surface area contributed by atoms with Crippen molar-refractivity contribution in [1.29, 1.82) is 0 Å². The van der Waals surface area contributed by atoms with E-state index in [1.807, 2.05) is 0 Å². The van der Waals surface area contributed by atoms with E-state index in [0.29, 0.717) is 0 Å². The summed E-state index contributed by atoms with van der Waals surface area (Å²) in [5.41, 5.74) is 2.28. The van der Waals surface area contributed by atoms with Gasteiger partial charge in [0.15, 0.2) is 11.6 Å². The maximum absolute atomic E-state index is 13.9. The smallest absolute Gasteiger partial charge is 0.411 e. The van der Waals surface area contributed by atoms with Crippen molar-refractivity contribution in [2.75, 3.05) is 20.3 Å². The summed E-state index contributed by atoms with van der Waals surface area (Å²) in [6.45, 7) is -1.84. The molecule has 1 atom stereocenters. The predicted molar refractivity (Wildman–Crippen MR) is 59.9 cm³/mol. The summed E-state index contributed by atoms with van der Waals surface area (Å²) in [5, 5.41) is 0. The summed E-state index contributed by atoms with van der Waals surface area (Å²) >= 11 is 0. The number of nitrogens with one attached hydrogen (secondary N) is 1. The van der Waals surface area contributed by atoms with E-state index in [1.165, 1.54) is 25.3 Å². The molecule has 0 saturated heterocycles. The molecule has 8 heteroatoms. The second-order valence-corrected chi connectivity index (χ2v) is 3.71. The number of rotatable bonds is 6. The van der Waals surface area contributed by atoms with Gasteiger partial charge in [0.25, 0.3) is 0 Å². The van der Waals surface area contributed by atoms with E-state index in [0.717, 1.165) is 0 Å². The van der Waals surface area contributed by atoms with Crippen molar-refractivity contribution in [3.63, 3.8) is 0 Å². The highest BCUT2D eigenvalue weighted by molar-refractivity contribution is 5.33. The zero-order valence-electron chi connectivity index (χ0n) is 10.1. The molecule has 0 radical (unpaired) electrons. The third-order valence-electron chi connectivity index (χ3n) is 2.34. The average Bonchev–Trinajstić information content (AvgIpc) is 2.34. The summed E-state index contributed by atoms with van der Waals surface area (Å²) in [5.74, 6) is 4.49. The van der Waals surface area contributed by atoms with Crippen molar-refractivity contribution < 1.29 is 27.0 Å². The van der Waals surface area contributed by atoms with Gasteiger partial charge in [-0.15, -0.1) is 0 Å². The fraction of sp³-hybridized carbons (Fsp3) is 0.455. The van der Waals surface area contributed by atoms with Gasteiger partial charge in [0.05, 0.1) is 19.8 Å². The zero-order chi connectivity index (χ0) is 14.5. The standard InChI is InChI=1S/C11H14F4N2O2/c1-18-9-4-2-3-7(10(9)12)8(17-16)5-19-6-11(13,14)15/h2-4,8,17H,5-6,16H2,1H3. The summed E-state index contributed by atoms with van der Waals surface area (Å²) in [6, 6.07) is 3.38. The van der Waals surface area contributed by atoms with Gasteiger partial charge in [-0.3, -0.25) is 11.3 Å². The third kappa shape index (κ3) is 4.66. The van der Waals surface area contributed by atoms with Crippen LogP contribution in [0.4, 0.5) is 17.6 Å². The normalized spacial score (nSPS) is 13.4. The zero-order valence-corrected chi connectivity index (χ0v) is 10.1. The van der Waals surface area contributed by atoms with Gasteiger partial charge in [0.1, 0.15) is 6.61 Å². The lowest BCUT2D eigenvalue weighted by molar-refractivity contribution is -0.175. The molecule has 0 spiro atoms. The summed E-state index contributed by atoms with van der Waals surface area (Å²) in [4.78, 5) is 0. The number of hydrogen-bond donors (Lipinski definition) is 2. The molecule has 0 saturated carbocycles. The van der Waals surface area contributed by atoms with E-state index in [9.17, 15) is 17.6 Å². The highest BCUT2D eigenvalue weighted by atomic mass is 19.4. The first-order valence-electron chi connectivity index (χ1n) is 5.32. The van der Waals surface area contributed by atoms with Gasteiger partial charge >= 0.3 is 6.18 Å². The topological polar surface area (TPSA) is 56.5 Å². The Morgan fingerprint density at radius 3 is 2.58 bits per heavy atom. The summed E-state index contributed by atoms with van der Waals surface area (Å²) in [6.07, 6.45) is -4.44. The third-order valence-corrected chi connectivity index (χ3v) is 2.34. The van der Waals surface area contributed by atoms with E-state index in [4.69, 9.17) is 10.6 Å². The molecule has 0 aromatic heterocycles. The van der Waals surface area contributed by atoms with Crippen LogP contribution in [0.15, 0.2) is 18.2 Å². The maximum atomic E-state index is 13.9. The molecule has 0 aliphatic rings. The van der Waals surface area contributed by atoms with Crippen LogP contribution < -0.4 is 16.0 Å². The molecule has 3 N–H and O–H groups in total. The molecule has 1 aromatic rings. The van der Waals surface area contributed by atoms with Crippen LogP contribution in [0, 0.1) is 5.82 Å². The fourth-order valence-electron chi connectivity index (χ4n) is 1.47. The van der Waals surface area contributed by atoms with E-state index in [2.05, 4.69) is 10.2 Å². The Labute approximate surface area is 107 Å². The van der Waals surface area contributed by atoms with Crippen LogP contribution in [0.1, 0.15) is 11.6 Å². The molecule has 0 aliphatic carbocycles. The van der Waals surface area contributed by atoms with Crippen molar-refractivity contribution >= 4 is 0 Å². The van der Waals surface area contributed by atoms with Crippen LogP contribution in [0.25, 0.3) is 0 Å². The first kappa shape index (κ1) is 15.7. The Morgan fingerprint density at radius 2 is 2.05 bits per heavy atom. The lowest BCUT2D eigenvalue weighted by atomic mass is 10.1. The number of hydrazine groups is 1. The Bertz CT molecular complexity index is 412. The van der Waals surface area contributed by atoms with Gasteiger partial charge in [-0.1, -0.05) is 12.1 Å². The van der Waals surface area contributed by atoms with E-state index in [1.54, 1.807) is 0 Å². The Morgan fingerprint density at radius 1 is 1.37 bits per heavy atom. The number of halogens is 4.